The molecule has 0 saturated heterocycles. The van der Waals surface area contributed by atoms with E-state index in [1.54, 1.807) is 6.07 Å². The molecule has 3 N–H and O–H groups in total. The summed E-state index contributed by atoms with van der Waals surface area (Å²) >= 11 is 5.91. The maximum atomic E-state index is 13.7. The average Bonchev–Trinajstić information content (AvgIpc) is 2.32. The van der Waals surface area contributed by atoms with Crippen molar-refractivity contribution in [2.45, 2.75) is 20.0 Å². The van der Waals surface area contributed by atoms with E-state index in [-0.39, 0.29) is 34.7 Å². The fourth-order valence-electron chi connectivity index (χ4n) is 1.42. The van der Waals surface area contributed by atoms with E-state index in [9.17, 15) is 4.39 Å². The Morgan fingerprint density at radius 1 is 1.30 bits per heavy atom. The summed E-state index contributed by atoms with van der Waals surface area (Å²) in [6, 6.07) is 4.37. The minimum atomic E-state index is -0.525. The van der Waals surface area contributed by atoms with E-state index in [1.807, 2.05) is 13.8 Å². The lowest BCUT2D eigenvalue weighted by molar-refractivity contribution is 0.222. The molecule has 0 aliphatic heterocycles. The molecule has 0 bridgehead atoms. The predicted molar refractivity (Wildman–Crippen MR) is 74.7 cm³/mol. The molecule has 106 valence electrons. The Hall–Kier alpha value is -2.15. The van der Waals surface area contributed by atoms with E-state index >= 15 is 0 Å². The van der Waals surface area contributed by atoms with Crippen molar-refractivity contribution >= 4 is 29.2 Å². The van der Waals surface area contributed by atoms with E-state index < -0.39 is 5.82 Å². The van der Waals surface area contributed by atoms with Crippen LogP contribution in [0, 0.1) is 5.82 Å². The number of rotatable bonds is 4. The third kappa shape index (κ3) is 3.45. The van der Waals surface area contributed by atoms with E-state index in [4.69, 9.17) is 22.1 Å². The van der Waals surface area contributed by atoms with Crippen LogP contribution in [0.2, 0.25) is 5.02 Å². The monoisotopic (exact) mass is 297 g/mol. The van der Waals surface area contributed by atoms with Gasteiger partial charge in [-0.2, -0.15) is 15.0 Å². The Kier molecular flexibility index (Phi) is 4.19. The molecule has 1 aromatic heterocycles. The molecule has 1 aromatic carbocycles. The van der Waals surface area contributed by atoms with Gasteiger partial charge in [-0.25, -0.2) is 4.39 Å². The molecule has 0 unspecified atom stereocenters. The lowest BCUT2D eigenvalue weighted by Gasteiger charge is -2.11. The number of aromatic nitrogens is 3. The van der Waals surface area contributed by atoms with Crippen LogP contribution in [0.25, 0.3) is 0 Å². The molecule has 0 fully saturated rings. The van der Waals surface area contributed by atoms with Gasteiger partial charge in [-0.3, -0.25) is 0 Å². The van der Waals surface area contributed by atoms with E-state index in [0.29, 0.717) is 0 Å². The second-order valence-corrected chi connectivity index (χ2v) is 4.60. The summed E-state index contributed by atoms with van der Waals surface area (Å²) in [5.74, 6) is -0.506. The molecule has 0 spiro atoms. The van der Waals surface area contributed by atoms with Crippen molar-refractivity contribution in [1.82, 2.24) is 15.0 Å². The highest BCUT2D eigenvalue weighted by Gasteiger charge is 2.11. The standard InChI is InChI=1S/C12H13ClFN5O/c1-6(2)20-12-18-10(15)17-11(19-12)16-9-7(13)4-3-5-8(9)14/h3-6H,1-2H3,(H3,15,16,17,18,19). The molecule has 0 aliphatic rings. The molecule has 0 amide bonds. The molecule has 0 atom stereocenters. The highest BCUT2D eigenvalue weighted by Crippen LogP contribution is 2.27. The van der Waals surface area contributed by atoms with Crippen LogP contribution in [-0.4, -0.2) is 21.1 Å². The number of para-hydroxylation sites is 1. The Morgan fingerprint density at radius 2 is 2.05 bits per heavy atom. The van der Waals surface area contributed by atoms with Crippen molar-refractivity contribution < 1.29 is 9.13 Å². The zero-order valence-electron chi connectivity index (χ0n) is 10.9. The van der Waals surface area contributed by atoms with Crippen LogP contribution in [0.4, 0.5) is 22.0 Å². The quantitative estimate of drug-likeness (QED) is 0.902. The molecule has 20 heavy (non-hydrogen) atoms. The van der Waals surface area contributed by atoms with Crippen LogP contribution in [0.1, 0.15) is 13.8 Å². The van der Waals surface area contributed by atoms with E-state index in [1.165, 1.54) is 12.1 Å². The minimum Gasteiger partial charge on any atom is -0.461 e. The summed E-state index contributed by atoms with van der Waals surface area (Å²) < 4.78 is 19.0. The van der Waals surface area contributed by atoms with E-state index in [0.717, 1.165) is 0 Å². The predicted octanol–water partition coefficient (Wildman–Crippen LogP) is 2.78. The van der Waals surface area contributed by atoms with Crippen molar-refractivity contribution in [3.63, 3.8) is 0 Å². The van der Waals surface area contributed by atoms with Crippen LogP contribution in [-0.2, 0) is 0 Å². The number of hydrogen-bond donors (Lipinski definition) is 2. The fraction of sp³-hybridized carbons (Fsp3) is 0.250. The molecular weight excluding hydrogens is 285 g/mol. The number of nitrogens with one attached hydrogen (secondary N) is 1. The lowest BCUT2D eigenvalue weighted by atomic mass is 10.3. The Labute approximate surface area is 120 Å². The van der Waals surface area contributed by atoms with Crippen LogP contribution in [0.15, 0.2) is 18.2 Å². The highest BCUT2D eigenvalue weighted by atomic mass is 35.5. The van der Waals surface area contributed by atoms with Crippen LogP contribution >= 0.6 is 11.6 Å². The van der Waals surface area contributed by atoms with Crippen molar-refractivity contribution in [2.24, 2.45) is 0 Å². The molecule has 2 aromatic rings. The molecule has 0 aliphatic carbocycles. The molecule has 0 radical (unpaired) electrons. The van der Waals surface area contributed by atoms with Gasteiger partial charge in [0.05, 0.1) is 16.8 Å². The van der Waals surface area contributed by atoms with Gasteiger partial charge >= 0.3 is 6.01 Å². The van der Waals surface area contributed by atoms with Gasteiger partial charge in [-0.1, -0.05) is 17.7 Å². The summed E-state index contributed by atoms with van der Waals surface area (Å²) in [4.78, 5) is 11.7. The third-order valence-corrected chi connectivity index (χ3v) is 2.49. The van der Waals surface area contributed by atoms with Crippen LogP contribution in [0.3, 0.4) is 0 Å². The third-order valence-electron chi connectivity index (χ3n) is 2.17. The number of nitrogen functional groups attached to an aromatic ring is 1. The summed E-state index contributed by atoms with van der Waals surface area (Å²) in [6.07, 6.45) is -0.123. The first kappa shape index (κ1) is 14.3. The first-order valence-electron chi connectivity index (χ1n) is 5.85. The number of halogens is 2. The molecule has 6 nitrogen and oxygen atoms in total. The Balaban J connectivity index is 2.31. The maximum Gasteiger partial charge on any atom is 0.323 e. The number of anilines is 3. The number of hydrogen-bond acceptors (Lipinski definition) is 6. The minimum absolute atomic E-state index is 0.0365. The zero-order valence-corrected chi connectivity index (χ0v) is 11.6. The number of ether oxygens (including phenoxy) is 1. The van der Waals surface area contributed by atoms with Gasteiger partial charge in [-0.15, -0.1) is 0 Å². The molecular formula is C12H13ClFN5O. The van der Waals surface area contributed by atoms with Gasteiger partial charge in [-0.05, 0) is 26.0 Å². The topological polar surface area (TPSA) is 86.0 Å². The summed E-state index contributed by atoms with van der Waals surface area (Å²) in [5, 5.41) is 2.87. The highest BCUT2D eigenvalue weighted by molar-refractivity contribution is 6.33. The van der Waals surface area contributed by atoms with Crippen molar-refractivity contribution in [3.8, 4) is 6.01 Å². The second-order valence-electron chi connectivity index (χ2n) is 4.19. The molecule has 8 heteroatoms. The normalized spacial score (nSPS) is 10.7. The number of nitrogens with zero attached hydrogens (tertiary/aromatic N) is 3. The van der Waals surface area contributed by atoms with Crippen LogP contribution < -0.4 is 15.8 Å². The smallest absolute Gasteiger partial charge is 0.323 e. The first-order valence-corrected chi connectivity index (χ1v) is 6.22. The number of benzene rings is 1. The van der Waals surface area contributed by atoms with Gasteiger partial charge in [0.1, 0.15) is 5.82 Å². The Morgan fingerprint density at radius 3 is 2.70 bits per heavy atom. The van der Waals surface area contributed by atoms with E-state index in [2.05, 4.69) is 20.3 Å². The molecule has 2 rings (SSSR count). The van der Waals surface area contributed by atoms with Gasteiger partial charge in [0.2, 0.25) is 11.9 Å². The lowest BCUT2D eigenvalue weighted by Crippen LogP contribution is -2.12. The van der Waals surface area contributed by atoms with Crippen LogP contribution in [0.5, 0.6) is 6.01 Å². The zero-order chi connectivity index (χ0) is 14.7. The van der Waals surface area contributed by atoms with Gasteiger partial charge in [0.25, 0.3) is 0 Å². The molecule has 1 heterocycles. The summed E-state index contributed by atoms with van der Waals surface area (Å²) in [5.41, 5.74) is 5.62. The maximum absolute atomic E-state index is 13.7. The van der Waals surface area contributed by atoms with Gasteiger partial charge in [0, 0.05) is 0 Å². The Bertz CT molecular complexity index is 603. The fourth-order valence-corrected chi connectivity index (χ4v) is 1.63. The van der Waals surface area contributed by atoms with Crippen molar-refractivity contribution in [1.29, 1.82) is 0 Å². The van der Waals surface area contributed by atoms with Gasteiger partial charge in [0.15, 0.2) is 0 Å². The second kappa shape index (κ2) is 5.87. The average molecular weight is 298 g/mol. The largest absolute Gasteiger partial charge is 0.461 e. The van der Waals surface area contributed by atoms with Crippen molar-refractivity contribution in [2.75, 3.05) is 11.1 Å². The number of nitrogens with two attached hydrogens (primary N) is 1. The van der Waals surface area contributed by atoms with Crippen molar-refractivity contribution in [3.05, 3.63) is 29.0 Å². The summed E-state index contributed by atoms with van der Waals surface area (Å²) in [6.45, 7) is 3.64. The van der Waals surface area contributed by atoms with Gasteiger partial charge < -0.3 is 15.8 Å². The first-order chi connectivity index (χ1) is 9.45. The summed E-state index contributed by atoms with van der Waals surface area (Å²) in [7, 11) is 0. The molecule has 0 saturated carbocycles. The SMILES string of the molecule is CC(C)Oc1nc(N)nc(Nc2c(F)cccc2Cl)n1.